The van der Waals surface area contributed by atoms with E-state index >= 15 is 0 Å². The molecule has 2 bridgehead atoms. The van der Waals surface area contributed by atoms with Crippen molar-refractivity contribution in [2.24, 2.45) is 5.92 Å². The van der Waals surface area contributed by atoms with Crippen LogP contribution in [0.5, 0.6) is 5.75 Å². The van der Waals surface area contributed by atoms with Gasteiger partial charge in [-0.2, -0.15) is 0 Å². The van der Waals surface area contributed by atoms with Crippen LogP contribution in [-0.2, 0) is 16.6 Å². The number of hydrogen-bond acceptors (Lipinski definition) is 4. The Bertz CT molecular complexity index is 728. The van der Waals surface area contributed by atoms with E-state index in [9.17, 15) is 9.90 Å². The van der Waals surface area contributed by atoms with Crippen molar-refractivity contribution in [3.63, 3.8) is 0 Å². The zero-order valence-electron chi connectivity index (χ0n) is 15.0. The average Bonchev–Trinajstić information content (AvgIpc) is 3.42. The van der Waals surface area contributed by atoms with Crippen molar-refractivity contribution in [1.29, 1.82) is 0 Å². The number of ketones is 1. The van der Waals surface area contributed by atoms with E-state index in [-0.39, 0.29) is 6.04 Å². The van der Waals surface area contributed by atoms with Crippen LogP contribution in [0.1, 0.15) is 49.7 Å². The molecule has 0 aromatic heterocycles. The molecular weight excluding hydrogens is 314 g/mol. The summed E-state index contributed by atoms with van der Waals surface area (Å²) in [7, 11) is 1.68. The summed E-state index contributed by atoms with van der Waals surface area (Å²) < 4.78 is 5.46. The number of likely N-dealkylation sites (tertiary alicyclic amines) is 1. The van der Waals surface area contributed by atoms with Crippen molar-refractivity contribution in [1.82, 2.24) is 4.90 Å². The standard InChI is InChI=1S/C21H27NO3/c1-25-17-5-4-15-10-19-21(24)7-6-16(23)12-20(21,18(15)11-17)8-9-22(19)13-14-2-3-14/h4-5,11,14,19,24H,2-3,6-10,12-13H2,1H3/t19?,20-,21?/m1/s1. The zero-order valence-corrected chi connectivity index (χ0v) is 15.0. The number of ether oxygens (including phenoxy) is 1. The first kappa shape index (κ1) is 15.8. The second-order valence-corrected chi connectivity index (χ2v) is 8.65. The molecule has 4 aliphatic rings. The highest BCUT2D eigenvalue weighted by atomic mass is 16.5. The number of carbonyl (C=O) groups excluding carboxylic acids is 1. The minimum Gasteiger partial charge on any atom is -0.497 e. The number of methoxy groups -OCH3 is 1. The van der Waals surface area contributed by atoms with Crippen LogP contribution >= 0.6 is 0 Å². The van der Waals surface area contributed by atoms with E-state index in [1.54, 1.807) is 7.11 Å². The highest BCUT2D eigenvalue weighted by Crippen LogP contribution is 2.58. The highest BCUT2D eigenvalue weighted by molar-refractivity contribution is 5.82. The molecule has 1 aromatic carbocycles. The minimum atomic E-state index is -0.784. The van der Waals surface area contributed by atoms with Gasteiger partial charge in [0.05, 0.1) is 12.7 Å². The monoisotopic (exact) mass is 341 g/mol. The summed E-state index contributed by atoms with van der Waals surface area (Å²) in [4.78, 5) is 15.0. The molecule has 3 aliphatic carbocycles. The average molecular weight is 341 g/mol. The largest absolute Gasteiger partial charge is 0.497 e. The lowest BCUT2D eigenvalue weighted by molar-refractivity contribution is -0.173. The number of nitrogens with zero attached hydrogens (tertiary/aromatic N) is 1. The molecule has 5 rings (SSSR count). The fraction of sp³-hybridized carbons (Fsp3) is 0.667. The predicted molar refractivity (Wildman–Crippen MR) is 94.9 cm³/mol. The maximum Gasteiger partial charge on any atom is 0.134 e. The number of aliphatic hydroxyl groups is 1. The topological polar surface area (TPSA) is 49.8 Å². The van der Waals surface area contributed by atoms with Crippen LogP contribution < -0.4 is 4.74 Å². The van der Waals surface area contributed by atoms with Gasteiger partial charge < -0.3 is 9.84 Å². The van der Waals surface area contributed by atoms with Gasteiger partial charge >= 0.3 is 0 Å². The molecular formula is C21H27NO3. The molecule has 134 valence electrons. The Labute approximate surface area is 149 Å². The maximum absolute atomic E-state index is 12.4. The van der Waals surface area contributed by atoms with Gasteiger partial charge in [-0.1, -0.05) is 6.07 Å². The molecule has 4 nitrogen and oxygen atoms in total. The summed E-state index contributed by atoms with van der Waals surface area (Å²) >= 11 is 0. The SMILES string of the molecule is COc1ccc2c(c1)[C@]13CCN(CC4CC4)C(C2)C1(O)CCC(=O)C3. The number of benzene rings is 1. The second kappa shape index (κ2) is 5.31. The molecule has 1 heterocycles. The summed E-state index contributed by atoms with van der Waals surface area (Å²) in [6.45, 7) is 2.11. The third kappa shape index (κ3) is 2.16. The van der Waals surface area contributed by atoms with E-state index in [4.69, 9.17) is 4.74 Å². The summed E-state index contributed by atoms with van der Waals surface area (Å²) in [5.41, 5.74) is 1.26. The Kier molecular flexibility index (Phi) is 3.36. The smallest absolute Gasteiger partial charge is 0.134 e. The van der Waals surface area contributed by atoms with Crippen molar-refractivity contribution >= 4 is 5.78 Å². The van der Waals surface area contributed by atoms with Crippen LogP contribution in [0.4, 0.5) is 0 Å². The van der Waals surface area contributed by atoms with Crippen molar-refractivity contribution in [2.75, 3.05) is 20.2 Å². The predicted octanol–water partition coefficient (Wildman–Crippen LogP) is 2.46. The maximum atomic E-state index is 12.4. The summed E-state index contributed by atoms with van der Waals surface area (Å²) in [6.07, 6.45) is 6.03. The molecule has 1 saturated heterocycles. The number of Topliss-reactive ketones (excluding diaryl/α,β-unsaturated/α-hetero) is 1. The normalized spacial score (nSPS) is 37.4. The van der Waals surface area contributed by atoms with E-state index in [1.807, 2.05) is 6.07 Å². The van der Waals surface area contributed by atoms with Crippen LogP contribution in [0, 0.1) is 5.92 Å². The summed E-state index contributed by atoms with van der Waals surface area (Å²) in [5, 5.41) is 12.0. The van der Waals surface area contributed by atoms with Crippen molar-refractivity contribution in [2.45, 2.75) is 62.0 Å². The van der Waals surface area contributed by atoms with Gasteiger partial charge in [0.25, 0.3) is 0 Å². The van der Waals surface area contributed by atoms with Gasteiger partial charge in [-0.25, -0.2) is 0 Å². The van der Waals surface area contributed by atoms with Crippen LogP contribution in [0.3, 0.4) is 0 Å². The first-order valence-electron chi connectivity index (χ1n) is 9.71. The quantitative estimate of drug-likeness (QED) is 0.917. The Morgan fingerprint density at radius 2 is 2.16 bits per heavy atom. The van der Waals surface area contributed by atoms with Gasteiger partial charge in [0, 0.05) is 30.8 Å². The van der Waals surface area contributed by atoms with Crippen LogP contribution in [0.25, 0.3) is 0 Å². The minimum absolute atomic E-state index is 0.149. The molecule has 0 spiro atoms. The van der Waals surface area contributed by atoms with E-state index in [0.29, 0.717) is 25.0 Å². The fourth-order valence-electron chi connectivity index (χ4n) is 5.86. The lowest BCUT2D eigenvalue weighted by Crippen LogP contribution is -2.73. The Hall–Kier alpha value is -1.39. The van der Waals surface area contributed by atoms with Crippen LogP contribution in [-0.4, -0.2) is 47.6 Å². The summed E-state index contributed by atoms with van der Waals surface area (Å²) in [6, 6.07) is 6.41. The molecule has 3 atom stereocenters. The molecule has 1 N–H and O–H groups in total. The number of piperidine rings is 1. The lowest BCUT2D eigenvalue weighted by atomic mass is 9.49. The Morgan fingerprint density at radius 1 is 1.32 bits per heavy atom. The lowest BCUT2D eigenvalue weighted by Gasteiger charge is -2.63. The van der Waals surface area contributed by atoms with Gasteiger partial charge in [0.1, 0.15) is 11.5 Å². The van der Waals surface area contributed by atoms with Crippen LogP contribution in [0.2, 0.25) is 0 Å². The Balaban J connectivity index is 1.64. The molecule has 2 saturated carbocycles. The number of rotatable bonds is 3. The third-order valence-electron chi connectivity index (χ3n) is 7.37. The molecule has 3 fully saturated rings. The molecule has 4 heteroatoms. The second-order valence-electron chi connectivity index (χ2n) is 8.65. The van der Waals surface area contributed by atoms with E-state index in [1.165, 1.54) is 24.0 Å². The zero-order chi connectivity index (χ0) is 17.2. The molecule has 2 unspecified atom stereocenters. The molecule has 1 aromatic rings. The summed E-state index contributed by atoms with van der Waals surface area (Å²) in [5.74, 6) is 1.95. The number of carbonyl (C=O) groups is 1. The fourth-order valence-corrected chi connectivity index (χ4v) is 5.86. The number of hydrogen-bond donors (Lipinski definition) is 1. The Morgan fingerprint density at radius 3 is 2.92 bits per heavy atom. The van der Waals surface area contributed by atoms with E-state index in [0.717, 1.165) is 37.6 Å². The third-order valence-corrected chi connectivity index (χ3v) is 7.37. The first-order chi connectivity index (χ1) is 12.1. The number of fused-ring (bicyclic) bond motifs is 1. The van der Waals surface area contributed by atoms with Gasteiger partial charge in [0.15, 0.2) is 0 Å². The van der Waals surface area contributed by atoms with Crippen molar-refractivity contribution in [3.05, 3.63) is 29.3 Å². The van der Waals surface area contributed by atoms with Gasteiger partial charge in [-0.05, 0) is 67.8 Å². The van der Waals surface area contributed by atoms with Crippen molar-refractivity contribution in [3.8, 4) is 5.75 Å². The highest BCUT2D eigenvalue weighted by Gasteiger charge is 2.64. The molecule has 0 radical (unpaired) electrons. The van der Waals surface area contributed by atoms with E-state index in [2.05, 4.69) is 17.0 Å². The van der Waals surface area contributed by atoms with Gasteiger partial charge in [-0.15, -0.1) is 0 Å². The first-order valence-corrected chi connectivity index (χ1v) is 9.71. The van der Waals surface area contributed by atoms with Gasteiger partial charge in [0.2, 0.25) is 0 Å². The molecule has 1 aliphatic heterocycles. The molecule has 25 heavy (non-hydrogen) atoms. The van der Waals surface area contributed by atoms with E-state index < -0.39 is 11.0 Å². The van der Waals surface area contributed by atoms with Gasteiger partial charge in [-0.3, -0.25) is 9.69 Å². The van der Waals surface area contributed by atoms with Crippen molar-refractivity contribution < 1.29 is 14.6 Å². The van der Waals surface area contributed by atoms with Crippen LogP contribution in [0.15, 0.2) is 18.2 Å². The molecule has 0 amide bonds.